The fourth-order valence-corrected chi connectivity index (χ4v) is 2.06. The van der Waals surface area contributed by atoms with Crippen molar-refractivity contribution in [3.63, 3.8) is 0 Å². The highest BCUT2D eigenvalue weighted by atomic mass is 16.5. The van der Waals surface area contributed by atoms with E-state index in [1.165, 1.54) is 5.56 Å². The van der Waals surface area contributed by atoms with Crippen molar-refractivity contribution in [1.29, 1.82) is 0 Å². The quantitative estimate of drug-likeness (QED) is 0.772. The molecule has 0 saturated heterocycles. The van der Waals surface area contributed by atoms with Crippen LogP contribution >= 0.6 is 0 Å². The highest BCUT2D eigenvalue weighted by molar-refractivity contribution is 5.68. The Labute approximate surface area is 122 Å². The maximum atomic E-state index is 11.0. The number of rotatable bonds is 5. The predicted molar refractivity (Wildman–Crippen MR) is 82.2 cm³/mol. The first-order valence-electron chi connectivity index (χ1n) is 7.22. The lowest BCUT2D eigenvalue weighted by Gasteiger charge is -2.30. The number of carbonyl (C=O) groups excluding carboxylic acids is 1. The van der Waals surface area contributed by atoms with Crippen molar-refractivity contribution in [2.75, 3.05) is 0 Å². The lowest BCUT2D eigenvalue weighted by atomic mass is 9.76. The van der Waals surface area contributed by atoms with Gasteiger partial charge in [-0.25, -0.2) is 10.5 Å². The Balaban J connectivity index is 3.40. The van der Waals surface area contributed by atoms with Crippen molar-refractivity contribution in [2.45, 2.75) is 65.2 Å². The lowest BCUT2D eigenvalue weighted by molar-refractivity contribution is 0.208. The Bertz CT molecular complexity index is 490. The van der Waals surface area contributed by atoms with Crippen molar-refractivity contribution >= 4 is 6.09 Å². The summed E-state index contributed by atoms with van der Waals surface area (Å²) in [5.41, 5.74) is 9.25. The van der Waals surface area contributed by atoms with Gasteiger partial charge in [-0.3, -0.25) is 0 Å². The van der Waals surface area contributed by atoms with E-state index in [2.05, 4.69) is 47.6 Å². The van der Waals surface area contributed by atoms with E-state index in [0.717, 1.165) is 18.4 Å². The Morgan fingerprint density at radius 2 is 1.65 bits per heavy atom. The second kappa shape index (κ2) is 5.86. The van der Waals surface area contributed by atoms with Crippen LogP contribution in [0.4, 0.5) is 4.79 Å². The van der Waals surface area contributed by atoms with Crippen molar-refractivity contribution in [1.82, 2.24) is 5.73 Å². The number of hydrogen-bond donors (Lipinski definition) is 0. The number of carbonyl (C=O) groups is 1. The van der Waals surface area contributed by atoms with E-state index in [4.69, 9.17) is 10.5 Å². The van der Waals surface area contributed by atoms with E-state index < -0.39 is 6.09 Å². The summed E-state index contributed by atoms with van der Waals surface area (Å²) in [7, 11) is 0. The van der Waals surface area contributed by atoms with Gasteiger partial charge in [0.25, 0.3) is 0 Å². The molecule has 1 amide bonds. The van der Waals surface area contributed by atoms with Crippen LogP contribution in [0.25, 0.3) is 0 Å². The zero-order valence-corrected chi connectivity index (χ0v) is 13.5. The number of benzene rings is 1. The minimum Gasteiger partial charge on any atom is -0.409 e. The van der Waals surface area contributed by atoms with E-state index >= 15 is 0 Å². The Morgan fingerprint density at radius 3 is 2.10 bits per heavy atom. The van der Waals surface area contributed by atoms with Crippen LogP contribution in [0.2, 0.25) is 0 Å². The van der Waals surface area contributed by atoms with Crippen LogP contribution in [0, 0.1) is 0 Å². The van der Waals surface area contributed by atoms with Gasteiger partial charge in [0, 0.05) is 5.56 Å². The van der Waals surface area contributed by atoms with Gasteiger partial charge in [-0.2, -0.15) is 0 Å². The van der Waals surface area contributed by atoms with Gasteiger partial charge < -0.3 is 4.74 Å². The molecule has 20 heavy (non-hydrogen) atoms. The first kappa shape index (κ1) is 16.5. The third kappa shape index (κ3) is 3.53. The summed E-state index contributed by atoms with van der Waals surface area (Å²) >= 11 is 0. The molecule has 3 heteroatoms. The first-order chi connectivity index (χ1) is 9.14. The zero-order chi connectivity index (χ0) is 15.6. The van der Waals surface area contributed by atoms with E-state index in [1.807, 2.05) is 12.1 Å². The Hall–Kier alpha value is -1.51. The molecular formula is C17H26NO2. The summed E-state index contributed by atoms with van der Waals surface area (Å²) in [5, 5.41) is 0. The number of ether oxygens (including phenoxy) is 1. The van der Waals surface area contributed by atoms with E-state index in [9.17, 15) is 4.79 Å². The number of hydrogen-bond acceptors (Lipinski definition) is 2. The average molecular weight is 276 g/mol. The Kier molecular flexibility index (Phi) is 4.85. The topological polar surface area (TPSA) is 50.1 Å². The normalized spacial score (nSPS) is 12.3. The molecule has 0 fully saturated rings. The van der Waals surface area contributed by atoms with Crippen LogP contribution in [-0.2, 0) is 10.8 Å². The summed E-state index contributed by atoms with van der Waals surface area (Å²) < 4.78 is 5.06. The summed E-state index contributed by atoms with van der Waals surface area (Å²) in [6.45, 7) is 13.0. The SMILES string of the molecule is CCC(C)(C)c1ccc(OC([NH])=O)c(C(C)(C)CC)c1. The first-order valence-corrected chi connectivity index (χ1v) is 7.22. The maximum Gasteiger partial charge on any atom is 0.431 e. The zero-order valence-electron chi connectivity index (χ0n) is 13.5. The maximum absolute atomic E-state index is 11.0. The second-order valence-electron chi connectivity index (χ2n) is 6.58. The molecule has 0 unspecified atom stereocenters. The molecule has 1 radical (unpaired) electrons. The minimum absolute atomic E-state index is 0.0854. The van der Waals surface area contributed by atoms with E-state index in [1.54, 1.807) is 0 Å². The van der Waals surface area contributed by atoms with Gasteiger partial charge in [0.15, 0.2) is 0 Å². The fourth-order valence-electron chi connectivity index (χ4n) is 2.06. The molecule has 0 aliphatic carbocycles. The average Bonchev–Trinajstić information content (AvgIpc) is 2.38. The minimum atomic E-state index is -1.01. The molecule has 1 N–H and O–H groups in total. The molecule has 0 heterocycles. The molecule has 3 nitrogen and oxygen atoms in total. The predicted octanol–water partition coefficient (Wildman–Crippen LogP) is 4.84. The Morgan fingerprint density at radius 1 is 1.10 bits per heavy atom. The van der Waals surface area contributed by atoms with Crippen molar-refractivity contribution in [3.8, 4) is 5.75 Å². The van der Waals surface area contributed by atoms with E-state index in [-0.39, 0.29) is 10.8 Å². The van der Waals surface area contributed by atoms with Gasteiger partial charge in [-0.05, 0) is 35.3 Å². The van der Waals surface area contributed by atoms with Gasteiger partial charge in [0.2, 0.25) is 0 Å². The standard InChI is InChI=1S/C17H26NO2/c1-7-16(3,4)12-9-10-14(20-15(18)19)13(11-12)17(5,6)8-2/h9-11,18H,7-8H2,1-6H3. The van der Waals surface area contributed by atoms with Gasteiger partial charge >= 0.3 is 6.09 Å². The second-order valence-corrected chi connectivity index (χ2v) is 6.58. The molecular weight excluding hydrogens is 250 g/mol. The molecule has 1 aromatic rings. The third-order valence-corrected chi connectivity index (χ3v) is 4.46. The number of nitrogens with one attached hydrogen (secondary N) is 1. The van der Waals surface area contributed by atoms with Crippen LogP contribution in [0.5, 0.6) is 5.75 Å². The summed E-state index contributed by atoms with van der Waals surface area (Å²) in [5.74, 6) is 0.507. The lowest BCUT2D eigenvalue weighted by Crippen LogP contribution is -2.22. The van der Waals surface area contributed by atoms with Crippen LogP contribution in [-0.4, -0.2) is 6.09 Å². The van der Waals surface area contributed by atoms with Gasteiger partial charge in [0.1, 0.15) is 5.75 Å². The molecule has 0 bridgehead atoms. The largest absolute Gasteiger partial charge is 0.431 e. The van der Waals surface area contributed by atoms with Gasteiger partial charge in [-0.15, -0.1) is 0 Å². The molecule has 0 aliphatic heterocycles. The van der Waals surface area contributed by atoms with Crippen LogP contribution in [0.15, 0.2) is 18.2 Å². The monoisotopic (exact) mass is 276 g/mol. The molecule has 1 rings (SSSR count). The molecule has 0 atom stereocenters. The van der Waals surface area contributed by atoms with Gasteiger partial charge in [-0.1, -0.05) is 53.7 Å². The van der Waals surface area contributed by atoms with Crippen LogP contribution in [0.1, 0.15) is 65.5 Å². The molecule has 1 aromatic carbocycles. The van der Waals surface area contributed by atoms with Crippen molar-refractivity contribution in [3.05, 3.63) is 29.3 Å². The van der Waals surface area contributed by atoms with Crippen molar-refractivity contribution < 1.29 is 9.53 Å². The van der Waals surface area contributed by atoms with Crippen molar-refractivity contribution in [2.24, 2.45) is 0 Å². The molecule has 0 aliphatic rings. The number of amides is 1. The van der Waals surface area contributed by atoms with Gasteiger partial charge in [0.05, 0.1) is 0 Å². The summed E-state index contributed by atoms with van der Waals surface area (Å²) in [6, 6.07) is 5.95. The highest BCUT2D eigenvalue weighted by Crippen LogP contribution is 2.38. The highest BCUT2D eigenvalue weighted by Gasteiger charge is 2.27. The summed E-state index contributed by atoms with van der Waals surface area (Å²) in [4.78, 5) is 11.0. The molecule has 111 valence electrons. The molecule has 0 spiro atoms. The smallest absolute Gasteiger partial charge is 0.409 e. The third-order valence-electron chi connectivity index (χ3n) is 4.46. The van der Waals surface area contributed by atoms with E-state index in [0.29, 0.717) is 5.75 Å². The summed E-state index contributed by atoms with van der Waals surface area (Å²) in [6.07, 6.45) is 0.961. The van der Waals surface area contributed by atoms with Crippen LogP contribution in [0.3, 0.4) is 0 Å². The molecule has 0 saturated carbocycles. The van der Waals surface area contributed by atoms with Crippen LogP contribution < -0.4 is 10.5 Å². The fraction of sp³-hybridized carbons (Fsp3) is 0.588. The molecule has 0 aromatic heterocycles.